The normalized spacial score (nSPS) is 18.0. The molecule has 2 aromatic rings. The number of aromatic nitrogens is 1. The van der Waals surface area contributed by atoms with Gasteiger partial charge in [-0.1, -0.05) is 0 Å². The highest BCUT2D eigenvalue weighted by molar-refractivity contribution is 5.57. The van der Waals surface area contributed by atoms with E-state index in [0.29, 0.717) is 12.8 Å². The van der Waals surface area contributed by atoms with E-state index in [9.17, 15) is 0 Å². The second-order valence-corrected chi connectivity index (χ2v) is 6.82. The Hall–Kier alpha value is -2.47. The topological polar surface area (TPSA) is 55.9 Å². The molecule has 0 saturated carbocycles. The largest absolute Gasteiger partial charge is 0.488 e. The van der Waals surface area contributed by atoms with Crippen molar-refractivity contribution in [2.24, 2.45) is 0 Å². The zero-order chi connectivity index (χ0) is 17.8. The first-order valence-corrected chi connectivity index (χ1v) is 9.22. The Morgan fingerprint density at radius 1 is 1.23 bits per heavy atom. The van der Waals surface area contributed by atoms with Gasteiger partial charge >= 0.3 is 0 Å². The van der Waals surface area contributed by atoms with Gasteiger partial charge in [0.05, 0.1) is 6.20 Å². The van der Waals surface area contributed by atoms with Crippen molar-refractivity contribution in [2.75, 3.05) is 31.3 Å². The molecule has 0 bridgehead atoms. The van der Waals surface area contributed by atoms with Gasteiger partial charge in [-0.25, -0.2) is 0 Å². The van der Waals surface area contributed by atoms with Crippen LogP contribution in [0.5, 0.6) is 17.2 Å². The van der Waals surface area contributed by atoms with Crippen molar-refractivity contribution in [3.8, 4) is 17.2 Å². The lowest BCUT2D eigenvalue weighted by Gasteiger charge is -2.34. The van der Waals surface area contributed by atoms with Gasteiger partial charge in [0.2, 0.25) is 6.79 Å². The van der Waals surface area contributed by atoms with Crippen LogP contribution in [0.25, 0.3) is 0 Å². The summed E-state index contributed by atoms with van der Waals surface area (Å²) in [6, 6.07) is 10.6. The van der Waals surface area contributed by atoms with Gasteiger partial charge in [-0.15, -0.1) is 0 Å². The molecular weight excluding hydrogens is 330 g/mol. The fourth-order valence-electron chi connectivity index (χ4n) is 3.45. The quantitative estimate of drug-likeness (QED) is 0.860. The van der Waals surface area contributed by atoms with E-state index in [1.807, 2.05) is 18.2 Å². The number of ether oxygens (including phenoxy) is 3. The first-order valence-electron chi connectivity index (χ1n) is 9.22. The summed E-state index contributed by atoms with van der Waals surface area (Å²) in [6.45, 7) is 5.32. The van der Waals surface area contributed by atoms with Crippen molar-refractivity contribution in [3.63, 3.8) is 0 Å². The van der Waals surface area contributed by atoms with Crippen molar-refractivity contribution >= 4 is 5.69 Å². The van der Waals surface area contributed by atoms with Crippen molar-refractivity contribution < 1.29 is 14.2 Å². The average molecular weight is 355 g/mol. The maximum absolute atomic E-state index is 5.88. The minimum Gasteiger partial charge on any atom is -0.488 e. The first kappa shape index (κ1) is 17.0. The molecule has 0 amide bonds. The SMILES string of the molecule is CC(CNC1CCN(c2ccc3c(c2)OCO3)CC1)Oc1cccnc1. The van der Waals surface area contributed by atoms with E-state index in [1.54, 1.807) is 12.4 Å². The van der Waals surface area contributed by atoms with Gasteiger partial charge in [0.15, 0.2) is 11.5 Å². The molecule has 0 aliphatic carbocycles. The first-order chi connectivity index (χ1) is 12.8. The van der Waals surface area contributed by atoms with Crippen LogP contribution in [0.1, 0.15) is 19.8 Å². The number of hydrogen-bond donors (Lipinski definition) is 1. The van der Waals surface area contributed by atoms with Crippen molar-refractivity contribution in [1.82, 2.24) is 10.3 Å². The molecule has 4 rings (SSSR count). The number of anilines is 1. The number of hydrogen-bond acceptors (Lipinski definition) is 6. The molecule has 2 aliphatic rings. The molecule has 6 nitrogen and oxygen atoms in total. The lowest BCUT2D eigenvalue weighted by atomic mass is 10.0. The van der Waals surface area contributed by atoms with Crippen LogP contribution < -0.4 is 24.4 Å². The van der Waals surface area contributed by atoms with Gasteiger partial charge in [0, 0.05) is 43.6 Å². The Balaban J connectivity index is 1.22. The van der Waals surface area contributed by atoms with E-state index in [-0.39, 0.29) is 6.10 Å². The van der Waals surface area contributed by atoms with Crippen LogP contribution in [-0.2, 0) is 0 Å². The zero-order valence-corrected chi connectivity index (χ0v) is 15.1. The third-order valence-corrected chi connectivity index (χ3v) is 4.88. The molecule has 6 heteroatoms. The standard InChI is InChI=1S/C20H25N3O3/c1-15(26-18-3-2-8-21-13-18)12-22-16-6-9-23(10-7-16)17-4-5-19-20(11-17)25-14-24-19/h2-5,8,11,13,15-16,22H,6-7,9-10,12,14H2,1H3. The molecule has 1 saturated heterocycles. The highest BCUT2D eigenvalue weighted by atomic mass is 16.7. The van der Waals surface area contributed by atoms with Gasteiger partial charge in [-0.2, -0.15) is 0 Å². The molecule has 2 aliphatic heterocycles. The molecule has 0 radical (unpaired) electrons. The van der Waals surface area contributed by atoms with Crippen LogP contribution in [0.2, 0.25) is 0 Å². The van der Waals surface area contributed by atoms with E-state index in [1.165, 1.54) is 5.69 Å². The second kappa shape index (κ2) is 7.83. The van der Waals surface area contributed by atoms with E-state index >= 15 is 0 Å². The Morgan fingerprint density at radius 3 is 2.88 bits per heavy atom. The summed E-state index contributed by atoms with van der Waals surface area (Å²) in [5.41, 5.74) is 1.21. The maximum atomic E-state index is 5.88. The number of fused-ring (bicyclic) bond motifs is 1. The number of nitrogens with zero attached hydrogens (tertiary/aromatic N) is 2. The number of benzene rings is 1. The number of nitrogens with one attached hydrogen (secondary N) is 1. The minimum absolute atomic E-state index is 0.117. The molecule has 1 atom stereocenters. The lowest BCUT2D eigenvalue weighted by molar-refractivity contribution is 0.174. The fraction of sp³-hybridized carbons (Fsp3) is 0.450. The van der Waals surface area contributed by atoms with Crippen LogP contribution in [0, 0.1) is 0 Å². The van der Waals surface area contributed by atoms with Crippen LogP contribution in [0.15, 0.2) is 42.7 Å². The Kier molecular flexibility index (Phi) is 5.11. The average Bonchev–Trinajstić information content (AvgIpc) is 3.15. The van der Waals surface area contributed by atoms with E-state index in [2.05, 4.69) is 34.3 Å². The van der Waals surface area contributed by atoms with Crippen molar-refractivity contribution in [2.45, 2.75) is 31.9 Å². The van der Waals surface area contributed by atoms with E-state index in [0.717, 1.165) is 49.7 Å². The number of piperidine rings is 1. The molecule has 3 heterocycles. The van der Waals surface area contributed by atoms with Crippen LogP contribution >= 0.6 is 0 Å². The maximum Gasteiger partial charge on any atom is 0.231 e. The Morgan fingerprint density at radius 2 is 2.08 bits per heavy atom. The molecule has 1 aromatic carbocycles. The van der Waals surface area contributed by atoms with Crippen LogP contribution in [0.4, 0.5) is 5.69 Å². The summed E-state index contributed by atoms with van der Waals surface area (Å²) in [5, 5.41) is 3.64. The van der Waals surface area contributed by atoms with E-state index in [4.69, 9.17) is 14.2 Å². The molecule has 1 unspecified atom stereocenters. The number of pyridine rings is 1. The van der Waals surface area contributed by atoms with E-state index < -0.39 is 0 Å². The Bertz CT molecular complexity index is 717. The molecule has 0 spiro atoms. The zero-order valence-electron chi connectivity index (χ0n) is 15.1. The summed E-state index contributed by atoms with van der Waals surface area (Å²) < 4.78 is 16.8. The van der Waals surface area contributed by atoms with Crippen molar-refractivity contribution in [3.05, 3.63) is 42.7 Å². The predicted octanol–water partition coefficient (Wildman–Crippen LogP) is 2.84. The van der Waals surface area contributed by atoms with Gasteiger partial charge in [-0.3, -0.25) is 4.98 Å². The second-order valence-electron chi connectivity index (χ2n) is 6.82. The van der Waals surface area contributed by atoms with Gasteiger partial charge in [0.25, 0.3) is 0 Å². The minimum atomic E-state index is 0.117. The summed E-state index contributed by atoms with van der Waals surface area (Å²) in [6.07, 6.45) is 5.86. The molecule has 138 valence electrons. The smallest absolute Gasteiger partial charge is 0.231 e. The van der Waals surface area contributed by atoms with Crippen LogP contribution in [0.3, 0.4) is 0 Å². The molecule has 1 N–H and O–H groups in total. The predicted molar refractivity (Wildman–Crippen MR) is 100 cm³/mol. The summed E-state index contributed by atoms with van der Waals surface area (Å²) in [4.78, 5) is 6.49. The summed E-state index contributed by atoms with van der Waals surface area (Å²) in [5.74, 6) is 2.51. The fourth-order valence-corrected chi connectivity index (χ4v) is 3.45. The summed E-state index contributed by atoms with van der Waals surface area (Å²) in [7, 11) is 0. The Labute approximate surface area is 154 Å². The van der Waals surface area contributed by atoms with Crippen LogP contribution in [-0.4, -0.2) is 43.6 Å². The third kappa shape index (κ3) is 4.02. The highest BCUT2D eigenvalue weighted by Crippen LogP contribution is 2.36. The van der Waals surface area contributed by atoms with Gasteiger partial charge < -0.3 is 24.4 Å². The molecular formula is C20H25N3O3. The van der Waals surface area contributed by atoms with Crippen molar-refractivity contribution in [1.29, 1.82) is 0 Å². The number of rotatable bonds is 6. The van der Waals surface area contributed by atoms with Gasteiger partial charge in [0.1, 0.15) is 11.9 Å². The molecule has 26 heavy (non-hydrogen) atoms. The monoisotopic (exact) mass is 355 g/mol. The molecule has 1 fully saturated rings. The molecule has 1 aromatic heterocycles. The van der Waals surface area contributed by atoms with Gasteiger partial charge in [-0.05, 0) is 44.0 Å². The third-order valence-electron chi connectivity index (χ3n) is 4.88. The summed E-state index contributed by atoms with van der Waals surface area (Å²) >= 11 is 0. The lowest BCUT2D eigenvalue weighted by Crippen LogP contribution is -2.45. The highest BCUT2D eigenvalue weighted by Gasteiger charge is 2.22.